The maximum absolute atomic E-state index is 12.3. The third kappa shape index (κ3) is 4.59. The number of carbonyl (C=O) groups excluding carboxylic acids is 2. The predicted octanol–water partition coefficient (Wildman–Crippen LogP) is 5.50. The van der Waals surface area contributed by atoms with E-state index in [4.69, 9.17) is 0 Å². The average molecular weight is 402 g/mol. The summed E-state index contributed by atoms with van der Waals surface area (Å²) in [5.74, 6) is -0.208. The number of benzene rings is 3. The third-order valence-electron chi connectivity index (χ3n) is 4.18. The molecule has 0 saturated heterocycles. The van der Waals surface area contributed by atoms with Crippen molar-refractivity contribution in [3.8, 4) is 0 Å². The number of thiazole rings is 1. The molecule has 0 aliphatic rings. The second-order valence-electron chi connectivity index (χ2n) is 6.47. The van der Waals surface area contributed by atoms with Crippen LogP contribution in [-0.4, -0.2) is 16.9 Å². The molecule has 0 bridgehead atoms. The number of amides is 3. The maximum atomic E-state index is 12.3. The van der Waals surface area contributed by atoms with E-state index >= 15 is 0 Å². The fourth-order valence-electron chi connectivity index (χ4n) is 2.83. The van der Waals surface area contributed by atoms with Crippen LogP contribution >= 0.6 is 11.3 Å². The molecule has 4 rings (SSSR count). The zero-order chi connectivity index (χ0) is 20.2. The van der Waals surface area contributed by atoms with Gasteiger partial charge in [-0.2, -0.15) is 0 Å². The molecule has 0 saturated carbocycles. The number of anilines is 3. The van der Waals surface area contributed by atoms with Gasteiger partial charge in [0.05, 0.1) is 10.2 Å². The quantitative estimate of drug-likeness (QED) is 0.421. The normalized spacial score (nSPS) is 10.5. The topological polar surface area (TPSA) is 83.1 Å². The number of carbonyl (C=O) groups is 2. The Morgan fingerprint density at radius 1 is 0.828 bits per heavy atom. The fourth-order valence-corrected chi connectivity index (χ4v) is 3.73. The lowest BCUT2D eigenvalue weighted by atomic mass is 10.2. The number of urea groups is 1. The van der Waals surface area contributed by atoms with E-state index in [-0.39, 0.29) is 11.9 Å². The van der Waals surface area contributed by atoms with Crippen LogP contribution in [0.25, 0.3) is 10.2 Å². The van der Waals surface area contributed by atoms with Gasteiger partial charge in [-0.3, -0.25) is 10.1 Å². The van der Waals surface area contributed by atoms with E-state index in [1.807, 2.05) is 61.5 Å². The molecule has 3 aromatic carbocycles. The molecule has 0 aliphatic carbocycles. The highest BCUT2D eigenvalue weighted by Gasteiger charge is 2.11. The fraction of sp³-hybridized carbons (Fsp3) is 0.0455. The van der Waals surface area contributed by atoms with E-state index < -0.39 is 0 Å². The van der Waals surface area contributed by atoms with Gasteiger partial charge in [0.15, 0.2) is 5.13 Å². The van der Waals surface area contributed by atoms with Gasteiger partial charge in [-0.1, -0.05) is 41.7 Å². The van der Waals surface area contributed by atoms with Crippen molar-refractivity contribution in [1.29, 1.82) is 0 Å². The summed E-state index contributed by atoms with van der Waals surface area (Å²) in [4.78, 5) is 29.0. The first-order valence-electron chi connectivity index (χ1n) is 8.98. The Balaban J connectivity index is 1.45. The molecule has 6 nitrogen and oxygen atoms in total. The Labute approximate surface area is 171 Å². The molecule has 1 aromatic heterocycles. The lowest BCUT2D eigenvalue weighted by molar-refractivity contribution is 0.102. The van der Waals surface area contributed by atoms with E-state index in [0.717, 1.165) is 21.5 Å². The van der Waals surface area contributed by atoms with Gasteiger partial charge in [0.1, 0.15) is 0 Å². The van der Waals surface area contributed by atoms with Crippen molar-refractivity contribution in [2.75, 3.05) is 16.0 Å². The van der Waals surface area contributed by atoms with Crippen LogP contribution in [0.1, 0.15) is 15.9 Å². The van der Waals surface area contributed by atoms with Crippen LogP contribution in [0.3, 0.4) is 0 Å². The third-order valence-corrected chi connectivity index (χ3v) is 5.11. The molecule has 7 heteroatoms. The smallest absolute Gasteiger partial charge is 0.308 e. The van der Waals surface area contributed by atoms with Crippen LogP contribution in [0, 0.1) is 6.92 Å². The minimum absolute atomic E-state index is 0.208. The predicted molar refractivity (Wildman–Crippen MR) is 118 cm³/mol. The van der Waals surface area contributed by atoms with Crippen molar-refractivity contribution in [3.05, 3.63) is 83.9 Å². The van der Waals surface area contributed by atoms with Crippen LogP contribution < -0.4 is 16.0 Å². The summed E-state index contributed by atoms with van der Waals surface area (Å²) in [5.41, 5.74) is 3.77. The number of hydrogen-bond donors (Lipinski definition) is 3. The number of nitrogens with one attached hydrogen (secondary N) is 3. The SMILES string of the molecule is Cc1cccc(NC(=O)Nc2ccc3nc(NC(=O)c4ccccc4)sc3c2)c1. The summed E-state index contributed by atoms with van der Waals surface area (Å²) in [7, 11) is 0. The van der Waals surface area contributed by atoms with Crippen molar-refractivity contribution in [2.24, 2.45) is 0 Å². The second kappa shape index (κ2) is 8.12. The molecule has 3 amide bonds. The van der Waals surface area contributed by atoms with Gasteiger partial charge in [0.2, 0.25) is 0 Å². The molecule has 0 unspecified atom stereocenters. The van der Waals surface area contributed by atoms with Crippen LogP contribution in [0.4, 0.5) is 21.3 Å². The van der Waals surface area contributed by atoms with Crippen molar-refractivity contribution in [2.45, 2.75) is 6.92 Å². The molecule has 144 valence electrons. The van der Waals surface area contributed by atoms with E-state index in [1.54, 1.807) is 18.2 Å². The van der Waals surface area contributed by atoms with Gasteiger partial charge in [-0.05, 0) is 55.0 Å². The van der Waals surface area contributed by atoms with Crippen LogP contribution in [0.5, 0.6) is 0 Å². The van der Waals surface area contributed by atoms with Gasteiger partial charge in [-0.25, -0.2) is 9.78 Å². The van der Waals surface area contributed by atoms with Crippen molar-refractivity contribution in [1.82, 2.24) is 4.98 Å². The minimum atomic E-state index is -0.322. The number of nitrogens with zero attached hydrogens (tertiary/aromatic N) is 1. The molecule has 0 spiro atoms. The number of aryl methyl sites for hydroxylation is 1. The highest BCUT2D eigenvalue weighted by molar-refractivity contribution is 7.22. The molecule has 3 N–H and O–H groups in total. The Kier molecular flexibility index (Phi) is 5.22. The van der Waals surface area contributed by atoms with Crippen molar-refractivity contribution in [3.63, 3.8) is 0 Å². The zero-order valence-corrected chi connectivity index (χ0v) is 16.4. The van der Waals surface area contributed by atoms with E-state index in [0.29, 0.717) is 16.4 Å². The molecule has 29 heavy (non-hydrogen) atoms. The van der Waals surface area contributed by atoms with E-state index in [2.05, 4.69) is 20.9 Å². The van der Waals surface area contributed by atoms with Crippen LogP contribution in [-0.2, 0) is 0 Å². The molecule has 0 fully saturated rings. The summed E-state index contributed by atoms with van der Waals surface area (Å²) in [6.45, 7) is 1.97. The average Bonchev–Trinajstić information content (AvgIpc) is 3.10. The van der Waals surface area contributed by atoms with Gasteiger partial charge in [-0.15, -0.1) is 0 Å². The van der Waals surface area contributed by atoms with Crippen LogP contribution in [0.2, 0.25) is 0 Å². The summed E-state index contributed by atoms with van der Waals surface area (Å²) >= 11 is 1.35. The second-order valence-corrected chi connectivity index (χ2v) is 7.50. The Bertz CT molecular complexity index is 1190. The maximum Gasteiger partial charge on any atom is 0.323 e. The number of aromatic nitrogens is 1. The number of fused-ring (bicyclic) bond motifs is 1. The summed E-state index contributed by atoms with van der Waals surface area (Å²) in [6, 6.07) is 21.7. The summed E-state index contributed by atoms with van der Waals surface area (Å²) in [5, 5.41) is 8.95. The molecule has 4 aromatic rings. The Morgan fingerprint density at radius 2 is 1.59 bits per heavy atom. The highest BCUT2D eigenvalue weighted by atomic mass is 32.1. The largest absolute Gasteiger partial charge is 0.323 e. The van der Waals surface area contributed by atoms with Crippen LogP contribution in [0.15, 0.2) is 72.8 Å². The number of rotatable bonds is 4. The molecular weight excluding hydrogens is 384 g/mol. The first-order valence-corrected chi connectivity index (χ1v) is 9.80. The Morgan fingerprint density at radius 3 is 2.34 bits per heavy atom. The molecule has 0 atom stereocenters. The summed E-state index contributed by atoms with van der Waals surface area (Å²) in [6.07, 6.45) is 0. The van der Waals surface area contributed by atoms with Gasteiger partial charge < -0.3 is 10.6 Å². The van der Waals surface area contributed by atoms with Gasteiger partial charge >= 0.3 is 6.03 Å². The Hall–Kier alpha value is -3.71. The summed E-state index contributed by atoms with van der Waals surface area (Å²) < 4.78 is 0.863. The van der Waals surface area contributed by atoms with Crippen molar-refractivity contribution >= 4 is 50.0 Å². The first-order chi connectivity index (χ1) is 14.1. The lowest BCUT2D eigenvalue weighted by Gasteiger charge is -2.08. The van der Waals surface area contributed by atoms with Crippen molar-refractivity contribution < 1.29 is 9.59 Å². The molecular formula is C22H18N4O2S. The standard InChI is InChI=1S/C22H18N4O2S/c1-14-6-5-9-16(12-14)23-21(28)24-17-10-11-18-19(13-17)29-22(25-18)26-20(27)15-7-3-2-4-8-15/h2-13H,1H3,(H2,23,24,28)(H,25,26,27). The lowest BCUT2D eigenvalue weighted by Crippen LogP contribution is -2.19. The van der Waals surface area contributed by atoms with E-state index in [1.165, 1.54) is 11.3 Å². The molecule has 0 radical (unpaired) electrons. The molecule has 1 heterocycles. The monoisotopic (exact) mass is 402 g/mol. The minimum Gasteiger partial charge on any atom is -0.308 e. The highest BCUT2D eigenvalue weighted by Crippen LogP contribution is 2.28. The van der Waals surface area contributed by atoms with E-state index in [9.17, 15) is 9.59 Å². The zero-order valence-electron chi connectivity index (χ0n) is 15.6. The number of hydrogen-bond acceptors (Lipinski definition) is 4. The first kappa shape index (κ1) is 18.6. The molecule has 0 aliphatic heterocycles. The van der Waals surface area contributed by atoms with Gasteiger partial charge in [0, 0.05) is 16.9 Å². The van der Waals surface area contributed by atoms with Gasteiger partial charge in [0.25, 0.3) is 5.91 Å².